The molecular weight excluding hydrogens is 476 g/mol. The fraction of sp³-hybridized carbons (Fsp3) is 0.276. The molecule has 5 rings (SSSR count). The molecule has 0 heterocycles. The molecule has 1 fully saturated rings. The number of aliphatic hydroxyl groups excluding tert-OH is 3. The van der Waals surface area contributed by atoms with E-state index < -0.39 is 70.0 Å². The molecule has 0 amide bonds. The van der Waals surface area contributed by atoms with Gasteiger partial charge in [0.25, 0.3) is 0 Å². The standard InChI is InChI=1S/C29H26O8/c1-12-7-8-15(9-13(12)2)10-17-16-5-4-6-19(31)22(16)26(34)24-23(17)25(33)18-11-20(32)21(14(3)30)27(35)29(18,37)28(24)36/h4-10,18,23,25,31,33-35,37H,11H2,1-3H3/b17-10+/t18-,23-,25-,29-/m1/s1. The summed E-state index contributed by atoms with van der Waals surface area (Å²) in [4.78, 5) is 38.7. The highest BCUT2D eigenvalue weighted by molar-refractivity contribution is 6.24. The molecule has 5 N–H and O–H groups in total. The average Bonchev–Trinajstić information content (AvgIpc) is 2.83. The van der Waals surface area contributed by atoms with E-state index in [1.54, 1.807) is 18.2 Å². The summed E-state index contributed by atoms with van der Waals surface area (Å²) in [5, 5.41) is 55.8. The maximum absolute atomic E-state index is 13.9. The third-order valence-electron chi connectivity index (χ3n) is 7.86. The lowest BCUT2D eigenvalue weighted by molar-refractivity contribution is -0.157. The molecule has 2 aromatic carbocycles. The Morgan fingerprint density at radius 1 is 1.05 bits per heavy atom. The van der Waals surface area contributed by atoms with Gasteiger partial charge in [0.05, 0.1) is 17.2 Å². The minimum absolute atomic E-state index is 0.0615. The smallest absolute Gasteiger partial charge is 0.203 e. The van der Waals surface area contributed by atoms with Crippen LogP contribution in [-0.2, 0) is 14.4 Å². The van der Waals surface area contributed by atoms with Gasteiger partial charge in [0.2, 0.25) is 5.78 Å². The lowest BCUT2D eigenvalue weighted by Gasteiger charge is -2.49. The maximum atomic E-state index is 13.9. The number of carbonyl (C=O) groups excluding carboxylic acids is 3. The number of phenolic OH excluding ortho intramolecular Hbond substituents is 1. The summed E-state index contributed by atoms with van der Waals surface area (Å²) in [5.41, 5.74) is -0.443. The van der Waals surface area contributed by atoms with Gasteiger partial charge in [-0.25, -0.2) is 0 Å². The number of phenols is 1. The van der Waals surface area contributed by atoms with Crippen LogP contribution in [-0.4, -0.2) is 54.6 Å². The van der Waals surface area contributed by atoms with Gasteiger partial charge in [-0.05, 0) is 54.7 Å². The molecule has 1 saturated carbocycles. The SMILES string of the molecule is CC(=O)C1=C(O)[C@@]2(O)C(=O)C3=C(O)c4c(O)cccc4/C(=C\c4ccc(C)c(C)c4)[C@H]3[C@H](O)[C@H]2CC1=O. The number of aliphatic hydroxyl groups is 4. The first-order chi connectivity index (χ1) is 17.4. The van der Waals surface area contributed by atoms with E-state index in [1.165, 1.54) is 6.07 Å². The summed E-state index contributed by atoms with van der Waals surface area (Å²) in [7, 11) is 0. The predicted molar refractivity (Wildman–Crippen MR) is 134 cm³/mol. The normalized spacial score (nSPS) is 28.2. The summed E-state index contributed by atoms with van der Waals surface area (Å²) >= 11 is 0. The van der Waals surface area contributed by atoms with Crippen LogP contribution in [0.2, 0.25) is 0 Å². The molecule has 37 heavy (non-hydrogen) atoms. The number of hydrogen-bond acceptors (Lipinski definition) is 8. The molecule has 4 atom stereocenters. The number of benzene rings is 2. The van der Waals surface area contributed by atoms with Crippen molar-refractivity contribution in [2.45, 2.75) is 38.9 Å². The molecule has 8 nitrogen and oxygen atoms in total. The van der Waals surface area contributed by atoms with Gasteiger partial charge < -0.3 is 25.5 Å². The number of aromatic hydroxyl groups is 1. The fourth-order valence-electron chi connectivity index (χ4n) is 5.83. The van der Waals surface area contributed by atoms with Gasteiger partial charge in [-0.2, -0.15) is 0 Å². The predicted octanol–water partition coefficient (Wildman–Crippen LogP) is 3.11. The quantitative estimate of drug-likeness (QED) is 0.393. The van der Waals surface area contributed by atoms with Gasteiger partial charge >= 0.3 is 0 Å². The van der Waals surface area contributed by atoms with Crippen LogP contribution in [0.4, 0.5) is 0 Å². The van der Waals surface area contributed by atoms with E-state index in [-0.39, 0.29) is 11.3 Å². The molecule has 2 aromatic rings. The van der Waals surface area contributed by atoms with Crippen molar-refractivity contribution in [2.24, 2.45) is 11.8 Å². The van der Waals surface area contributed by atoms with Crippen LogP contribution in [0.3, 0.4) is 0 Å². The van der Waals surface area contributed by atoms with E-state index in [0.717, 1.165) is 23.6 Å². The second kappa shape index (κ2) is 8.26. The number of ketones is 3. The Bertz CT molecular complexity index is 1510. The summed E-state index contributed by atoms with van der Waals surface area (Å²) in [5.74, 6) is -7.55. The topological polar surface area (TPSA) is 152 Å². The summed E-state index contributed by atoms with van der Waals surface area (Å²) in [6, 6.07) is 10.2. The Morgan fingerprint density at radius 2 is 1.76 bits per heavy atom. The lowest BCUT2D eigenvalue weighted by atomic mass is 9.56. The van der Waals surface area contributed by atoms with Crippen molar-refractivity contribution in [3.8, 4) is 5.75 Å². The van der Waals surface area contributed by atoms with Crippen LogP contribution in [0.1, 0.15) is 41.2 Å². The number of hydrogen-bond donors (Lipinski definition) is 5. The van der Waals surface area contributed by atoms with E-state index >= 15 is 0 Å². The van der Waals surface area contributed by atoms with Gasteiger partial charge in [-0.3, -0.25) is 14.4 Å². The van der Waals surface area contributed by atoms with Crippen molar-refractivity contribution in [2.75, 3.05) is 0 Å². The van der Waals surface area contributed by atoms with Crippen LogP contribution >= 0.6 is 0 Å². The van der Waals surface area contributed by atoms with Crippen LogP contribution in [0.5, 0.6) is 5.75 Å². The van der Waals surface area contributed by atoms with Crippen molar-refractivity contribution in [1.29, 1.82) is 0 Å². The van der Waals surface area contributed by atoms with Crippen LogP contribution in [0.25, 0.3) is 17.4 Å². The zero-order valence-electron chi connectivity index (χ0n) is 20.4. The molecule has 0 aliphatic heterocycles. The van der Waals surface area contributed by atoms with Crippen LogP contribution in [0.15, 0.2) is 53.3 Å². The highest BCUT2D eigenvalue weighted by atomic mass is 16.4. The maximum Gasteiger partial charge on any atom is 0.203 e. The van der Waals surface area contributed by atoms with E-state index in [0.29, 0.717) is 11.1 Å². The van der Waals surface area contributed by atoms with E-state index in [1.807, 2.05) is 32.0 Å². The van der Waals surface area contributed by atoms with Gasteiger partial charge in [0.1, 0.15) is 22.8 Å². The highest BCUT2D eigenvalue weighted by Crippen LogP contribution is 2.55. The van der Waals surface area contributed by atoms with Crippen molar-refractivity contribution >= 4 is 34.8 Å². The van der Waals surface area contributed by atoms with E-state index in [4.69, 9.17) is 0 Å². The Hall–Kier alpha value is -4.01. The fourth-order valence-corrected chi connectivity index (χ4v) is 5.83. The first-order valence-electron chi connectivity index (χ1n) is 11.9. The number of aryl methyl sites for hydroxylation is 2. The number of Topliss-reactive ketones (excluding diaryl/α,β-unsaturated/α-hetero) is 3. The van der Waals surface area contributed by atoms with Crippen molar-refractivity contribution in [3.63, 3.8) is 0 Å². The average molecular weight is 503 g/mol. The molecule has 0 saturated heterocycles. The summed E-state index contributed by atoms with van der Waals surface area (Å²) in [6.45, 7) is 4.91. The van der Waals surface area contributed by atoms with Gasteiger partial charge in [-0.1, -0.05) is 36.4 Å². The minimum Gasteiger partial charge on any atom is -0.508 e. The molecule has 0 spiro atoms. The second-order valence-corrected chi connectivity index (χ2v) is 9.98. The van der Waals surface area contributed by atoms with Crippen molar-refractivity contribution < 1.29 is 39.9 Å². The zero-order chi connectivity index (χ0) is 27.0. The largest absolute Gasteiger partial charge is 0.508 e. The molecule has 0 bridgehead atoms. The Morgan fingerprint density at radius 3 is 2.41 bits per heavy atom. The third kappa shape index (κ3) is 3.33. The highest BCUT2D eigenvalue weighted by Gasteiger charge is 2.64. The van der Waals surface area contributed by atoms with Gasteiger partial charge in [0, 0.05) is 18.3 Å². The molecule has 3 aliphatic rings. The number of allylic oxidation sites excluding steroid dienone is 1. The minimum atomic E-state index is -2.80. The Kier molecular flexibility index (Phi) is 5.51. The summed E-state index contributed by atoms with van der Waals surface area (Å²) < 4.78 is 0. The van der Waals surface area contributed by atoms with Crippen LogP contribution < -0.4 is 0 Å². The first-order valence-corrected chi connectivity index (χ1v) is 11.9. The molecule has 190 valence electrons. The Balaban J connectivity index is 1.82. The van der Waals surface area contributed by atoms with Gasteiger partial charge in [0.15, 0.2) is 17.2 Å². The number of rotatable bonds is 2. The molecule has 0 unspecified atom stereocenters. The molecule has 0 aromatic heterocycles. The molecule has 8 heteroatoms. The Labute approximate surface area is 212 Å². The second-order valence-electron chi connectivity index (χ2n) is 9.98. The van der Waals surface area contributed by atoms with Gasteiger partial charge in [-0.15, -0.1) is 0 Å². The summed E-state index contributed by atoms with van der Waals surface area (Å²) in [6.07, 6.45) is -0.436. The monoisotopic (exact) mass is 502 g/mol. The molecule has 3 aliphatic carbocycles. The number of fused-ring (bicyclic) bond motifs is 3. The molecule has 0 radical (unpaired) electrons. The van der Waals surface area contributed by atoms with Crippen molar-refractivity contribution in [3.05, 3.63) is 81.1 Å². The van der Waals surface area contributed by atoms with Crippen LogP contribution in [0, 0.1) is 25.7 Å². The van der Waals surface area contributed by atoms with E-state index in [9.17, 15) is 39.9 Å². The zero-order valence-corrected chi connectivity index (χ0v) is 20.4. The lowest BCUT2D eigenvalue weighted by Crippen LogP contribution is -2.63. The van der Waals surface area contributed by atoms with E-state index in [2.05, 4.69) is 0 Å². The number of carbonyl (C=O) groups is 3. The van der Waals surface area contributed by atoms with Crippen molar-refractivity contribution in [1.82, 2.24) is 0 Å². The third-order valence-corrected chi connectivity index (χ3v) is 7.86. The molecular formula is C29H26O8. The first kappa shape index (κ1) is 24.7.